The van der Waals surface area contributed by atoms with E-state index in [9.17, 15) is 9.59 Å². The Morgan fingerprint density at radius 2 is 1.94 bits per heavy atom. The van der Waals surface area contributed by atoms with Gasteiger partial charge in [-0.25, -0.2) is 4.99 Å². The number of aliphatic imine (C=N–C) groups is 1. The molecule has 0 radical (unpaired) electrons. The minimum atomic E-state index is -1.10. The Balaban J connectivity index is 1.64. The fourth-order valence-corrected chi connectivity index (χ4v) is 4.11. The van der Waals surface area contributed by atoms with E-state index < -0.39 is 12.1 Å². The molecule has 0 fully saturated rings. The predicted octanol–water partition coefficient (Wildman–Crippen LogP) is 1.74. The Morgan fingerprint density at radius 3 is 2.71 bits per heavy atom. The third-order valence-corrected chi connectivity index (χ3v) is 5.51. The number of hydrogen-bond donors (Lipinski definition) is 3. The lowest BCUT2D eigenvalue weighted by atomic mass is 9.97. The van der Waals surface area contributed by atoms with Crippen LogP contribution in [0.1, 0.15) is 27.0 Å². The van der Waals surface area contributed by atoms with Crippen molar-refractivity contribution in [1.29, 1.82) is 0 Å². The van der Waals surface area contributed by atoms with Crippen molar-refractivity contribution in [2.75, 3.05) is 22.9 Å². The van der Waals surface area contributed by atoms with Crippen molar-refractivity contribution in [3.63, 3.8) is 0 Å². The van der Waals surface area contributed by atoms with Crippen LogP contribution >= 0.6 is 0 Å². The molecule has 2 aliphatic heterocycles. The highest BCUT2D eigenvalue weighted by molar-refractivity contribution is 6.21. The zero-order valence-corrected chi connectivity index (χ0v) is 16.6. The molecular formula is C23H20N6O2. The van der Waals surface area contributed by atoms with Crippen LogP contribution in [0.5, 0.6) is 0 Å². The average Bonchev–Trinajstić information content (AvgIpc) is 3.15. The van der Waals surface area contributed by atoms with E-state index in [4.69, 9.17) is 16.5 Å². The molecule has 0 saturated carbocycles. The number of nitrogen functional groups attached to an aromatic ring is 2. The molecule has 1 aromatic heterocycles. The molecule has 2 aromatic carbocycles. The largest absolute Gasteiger partial charge is 0.399 e. The number of carbonyl (C=O) groups is 2. The number of benzene rings is 2. The van der Waals surface area contributed by atoms with Crippen LogP contribution < -0.4 is 21.7 Å². The van der Waals surface area contributed by atoms with Gasteiger partial charge in [-0.1, -0.05) is 30.3 Å². The molecule has 0 bridgehead atoms. The van der Waals surface area contributed by atoms with E-state index in [-0.39, 0.29) is 17.2 Å². The van der Waals surface area contributed by atoms with Crippen LogP contribution in [0, 0.1) is 0 Å². The number of nitrogens with one attached hydrogen (secondary N) is 1. The number of aromatic nitrogens is 1. The first-order valence-corrected chi connectivity index (χ1v) is 9.90. The summed E-state index contributed by atoms with van der Waals surface area (Å²) in [5.74, 6) is -0.781. The first-order chi connectivity index (χ1) is 15.0. The van der Waals surface area contributed by atoms with Crippen molar-refractivity contribution >= 4 is 34.6 Å². The Kier molecular flexibility index (Phi) is 4.39. The minimum Gasteiger partial charge on any atom is -0.399 e. The van der Waals surface area contributed by atoms with Crippen molar-refractivity contribution in [3.8, 4) is 0 Å². The molecule has 2 amide bonds. The summed E-state index contributed by atoms with van der Waals surface area (Å²) in [5, 5.41) is 2.75. The zero-order valence-electron chi connectivity index (χ0n) is 16.6. The second kappa shape index (κ2) is 7.24. The van der Waals surface area contributed by atoms with Crippen LogP contribution in [0.2, 0.25) is 0 Å². The highest BCUT2D eigenvalue weighted by Gasteiger charge is 2.37. The van der Waals surface area contributed by atoms with E-state index in [1.165, 1.54) is 18.5 Å². The summed E-state index contributed by atoms with van der Waals surface area (Å²) in [6.07, 6.45) is 2.46. The number of nitrogens with two attached hydrogens (primary N) is 2. The number of rotatable bonds is 3. The molecule has 5 N–H and O–H groups in total. The quantitative estimate of drug-likeness (QED) is 0.565. The van der Waals surface area contributed by atoms with Crippen LogP contribution in [-0.4, -0.2) is 35.2 Å². The smallest absolute Gasteiger partial charge is 0.272 e. The molecule has 1 atom stereocenters. The molecule has 1 unspecified atom stereocenters. The van der Waals surface area contributed by atoms with Gasteiger partial charge in [0.25, 0.3) is 11.8 Å². The summed E-state index contributed by atoms with van der Waals surface area (Å²) in [4.78, 5) is 36.6. The molecular weight excluding hydrogens is 392 g/mol. The summed E-state index contributed by atoms with van der Waals surface area (Å²) in [7, 11) is 0. The van der Waals surface area contributed by atoms with Gasteiger partial charge in [-0.3, -0.25) is 14.6 Å². The van der Waals surface area contributed by atoms with E-state index >= 15 is 0 Å². The molecule has 8 heteroatoms. The second-order valence-electron chi connectivity index (χ2n) is 7.50. The van der Waals surface area contributed by atoms with Crippen molar-refractivity contribution in [1.82, 2.24) is 10.3 Å². The van der Waals surface area contributed by atoms with Crippen molar-refractivity contribution < 1.29 is 9.59 Å². The molecule has 3 aromatic rings. The maximum atomic E-state index is 13.4. The fraction of sp³-hybridized carbons (Fsp3) is 0.130. The minimum absolute atomic E-state index is 0.229. The van der Waals surface area contributed by atoms with Gasteiger partial charge in [-0.15, -0.1) is 0 Å². The molecule has 154 valence electrons. The third kappa shape index (κ3) is 3.18. The summed E-state index contributed by atoms with van der Waals surface area (Å²) in [6, 6.07) is 14.8. The number of hydrogen-bond acceptors (Lipinski definition) is 6. The number of anilines is 3. The van der Waals surface area contributed by atoms with Gasteiger partial charge in [0, 0.05) is 29.6 Å². The lowest BCUT2D eigenvalue weighted by molar-refractivity contribution is -0.120. The van der Waals surface area contributed by atoms with Gasteiger partial charge in [-0.2, -0.15) is 0 Å². The third-order valence-electron chi connectivity index (χ3n) is 5.51. The monoisotopic (exact) mass is 412 g/mol. The van der Waals surface area contributed by atoms with Crippen LogP contribution in [-0.2, 0) is 11.2 Å². The van der Waals surface area contributed by atoms with E-state index in [2.05, 4.69) is 10.3 Å². The van der Waals surface area contributed by atoms with Gasteiger partial charge in [0.2, 0.25) is 6.17 Å². The van der Waals surface area contributed by atoms with Crippen LogP contribution in [0.25, 0.3) is 0 Å². The molecule has 0 aliphatic carbocycles. The van der Waals surface area contributed by atoms with E-state index in [1.807, 2.05) is 42.5 Å². The first-order valence-electron chi connectivity index (χ1n) is 9.90. The standard InChI is InChI=1S/C23H20N6O2/c24-15-10-14-7-9-29-20(14)17(11-15)19(13-4-2-1-3-5-13)27-21(23(29)31)28-22(30)16-6-8-26-12-18(16)25/h1-6,8,10-12,21H,7,9,24-25H2,(H,28,30). The summed E-state index contributed by atoms with van der Waals surface area (Å²) < 4.78 is 0. The summed E-state index contributed by atoms with van der Waals surface area (Å²) in [5.41, 5.74) is 17.2. The van der Waals surface area contributed by atoms with Gasteiger partial charge in [-0.05, 0) is 30.2 Å². The van der Waals surface area contributed by atoms with E-state index in [0.717, 1.165) is 22.4 Å². The van der Waals surface area contributed by atoms with E-state index in [0.29, 0.717) is 24.4 Å². The van der Waals surface area contributed by atoms with Crippen LogP contribution in [0.3, 0.4) is 0 Å². The molecule has 0 saturated heterocycles. The van der Waals surface area contributed by atoms with Crippen LogP contribution in [0.4, 0.5) is 17.1 Å². The molecule has 3 heterocycles. The van der Waals surface area contributed by atoms with Crippen molar-refractivity contribution in [2.24, 2.45) is 4.99 Å². The maximum absolute atomic E-state index is 13.4. The molecule has 8 nitrogen and oxygen atoms in total. The average molecular weight is 412 g/mol. The van der Waals surface area contributed by atoms with Gasteiger partial charge >= 0.3 is 0 Å². The van der Waals surface area contributed by atoms with Gasteiger partial charge < -0.3 is 21.7 Å². The normalized spacial score (nSPS) is 17.0. The van der Waals surface area contributed by atoms with Gasteiger partial charge in [0.1, 0.15) is 0 Å². The van der Waals surface area contributed by atoms with Crippen molar-refractivity contribution in [2.45, 2.75) is 12.6 Å². The number of pyridine rings is 1. The molecule has 31 heavy (non-hydrogen) atoms. The molecule has 5 rings (SSSR count). The topological polar surface area (TPSA) is 127 Å². The Morgan fingerprint density at radius 1 is 1.13 bits per heavy atom. The van der Waals surface area contributed by atoms with E-state index in [1.54, 1.807) is 4.90 Å². The number of carbonyl (C=O) groups excluding carboxylic acids is 2. The Hall–Kier alpha value is -4.20. The predicted molar refractivity (Wildman–Crippen MR) is 119 cm³/mol. The molecule has 2 aliphatic rings. The number of nitrogens with zero attached hydrogens (tertiary/aromatic N) is 3. The summed E-state index contributed by atoms with van der Waals surface area (Å²) >= 11 is 0. The summed E-state index contributed by atoms with van der Waals surface area (Å²) in [6.45, 7) is 0.506. The lowest BCUT2D eigenvalue weighted by Crippen LogP contribution is -2.47. The number of amides is 2. The van der Waals surface area contributed by atoms with Crippen LogP contribution in [0.15, 0.2) is 65.9 Å². The SMILES string of the molecule is Nc1cc2c3c(c1)C(c1ccccc1)=NC(NC(=O)c1ccncc1N)C(=O)N3CC2. The molecule has 0 spiro atoms. The van der Waals surface area contributed by atoms with Gasteiger partial charge in [0.05, 0.1) is 28.8 Å². The second-order valence-corrected chi connectivity index (χ2v) is 7.50. The first kappa shape index (κ1) is 18.8. The lowest BCUT2D eigenvalue weighted by Gasteiger charge is -2.21. The van der Waals surface area contributed by atoms with Gasteiger partial charge in [0.15, 0.2) is 0 Å². The highest BCUT2D eigenvalue weighted by Crippen LogP contribution is 2.38. The zero-order chi connectivity index (χ0) is 21.5. The fourth-order valence-electron chi connectivity index (χ4n) is 4.11. The maximum Gasteiger partial charge on any atom is 0.272 e. The van der Waals surface area contributed by atoms with Crippen molar-refractivity contribution in [3.05, 3.63) is 83.2 Å². The highest BCUT2D eigenvalue weighted by atomic mass is 16.2. The Labute approximate surface area is 178 Å². The Bertz CT molecular complexity index is 1240.